The Hall–Kier alpha value is -1.81. The average Bonchev–Trinajstić information content (AvgIpc) is 2.42. The first-order valence-electron chi connectivity index (χ1n) is 6.66. The van der Waals surface area contributed by atoms with Crippen molar-refractivity contribution >= 4 is 0 Å². The maximum Gasteiger partial charge on any atom is 0.134 e. The molecule has 1 N–H and O–H groups in total. The fraction of sp³-hybridized carbons (Fsp3) is 0.312. The van der Waals surface area contributed by atoms with E-state index in [-0.39, 0.29) is 5.56 Å². The number of rotatable bonds is 4. The third-order valence-corrected chi connectivity index (χ3v) is 3.22. The molecule has 0 saturated heterocycles. The Balaban J connectivity index is 2.57. The zero-order valence-electron chi connectivity index (χ0n) is 11.9. The zero-order chi connectivity index (χ0) is 14.7. The average molecular weight is 276 g/mol. The second kappa shape index (κ2) is 6.09. The molecule has 1 aromatic carbocycles. The van der Waals surface area contributed by atoms with Gasteiger partial charge in [-0.2, -0.15) is 0 Å². The number of hydrogen-bond donors (Lipinski definition) is 1. The standard InChI is InChI=1S/C16H18F2N2/c1-4-19-16(13-7-5-6-11(3)20-13)14-12(17)9-8-10(2)15(14)18/h5-9,16,19H,4H2,1-3H3. The molecule has 2 aromatic rings. The van der Waals surface area contributed by atoms with Gasteiger partial charge in [0.2, 0.25) is 0 Å². The monoisotopic (exact) mass is 276 g/mol. The van der Waals surface area contributed by atoms with E-state index in [1.165, 1.54) is 12.1 Å². The van der Waals surface area contributed by atoms with Gasteiger partial charge >= 0.3 is 0 Å². The van der Waals surface area contributed by atoms with Crippen molar-refractivity contribution < 1.29 is 8.78 Å². The summed E-state index contributed by atoms with van der Waals surface area (Å²) in [5, 5.41) is 3.11. The predicted molar refractivity (Wildman–Crippen MR) is 75.6 cm³/mol. The molecule has 0 fully saturated rings. The summed E-state index contributed by atoms with van der Waals surface area (Å²) in [6, 6.07) is 7.64. The van der Waals surface area contributed by atoms with Crippen LogP contribution in [0.5, 0.6) is 0 Å². The van der Waals surface area contributed by atoms with E-state index >= 15 is 0 Å². The molecule has 0 aliphatic rings. The number of nitrogens with one attached hydrogen (secondary N) is 1. The van der Waals surface area contributed by atoms with Gasteiger partial charge < -0.3 is 5.32 Å². The number of aryl methyl sites for hydroxylation is 2. The molecule has 0 bridgehead atoms. The normalized spacial score (nSPS) is 12.4. The van der Waals surface area contributed by atoms with Gasteiger partial charge in [-0.25, -0.2) is 8.78 Å². The number of aromatic nitrogens is 1. The molecule has 0 amide bonds. The molecule has 1 heterocycles. The lowest BCUT2D eigenvalue weighted by Gasteiger charge is -2.20. The molecular weight excluding hydrogens is 258 g/mol. The quantitative estimate of drug-likeness (QED) is 0.921. The molecule has 1 atom stereocenters. The van der Waals surface area contributed by atoms with E-state index in [0.717, 1.165) is 5.69 Å². The second-order valence-electron chi connectivity index (χ2n) is 4.79. The summed E-state index contributed by atoms with van der Waals surface area (Å²) in [5.41, 5.74) is 1.90. The van der Waals surface area contributed by atoms with Gasteiger partial charge in [0.1, 0.15) is 11.6 Å². The van der Waals surface area contributed by atoms with Crippen LogP contribution < -0.4 is 5.32 Å². The number of pyridine rings is 1. The van der Waals surface area contributed by atoms with Crippen molar-refractivity contribution in [3.8, 4) is 0 Å². The fourth-order valence-electron chi connectivity index (χ4n) is 2.23. The maximum atomic E-state index is 14.3. The van der Waals surface area contributed by atoms with Gasteiger partial charge in [-0.15, -0.1) is 0 Å². The summed E-state index contributed by atoms with van der Waals surface area (Å²) in [5.74, 6) is -1.07. The van der Waals surface area contributed by atoms with Crippen molar-refractivity contribution in [3.63, 3.8) is 0 Å². The first kappa shape index (κ1) is 14.6. The van der Waals surface area contributed by atoms with E-state index in [9.17, 15) is 8.78 Å². The smallest absolute Gasteiger partial charge is 0.134 e. The van der Waals surface area contributed by atoms with E-state index in [2.05, 4.69) is 10.3 Å². The van der Waals surface area contributed by atoms with Crippen LogP contribution in [0.15, 0.2) is 30.3 Å². The van der Waals surface area contributed by atoms with Crippen LogP contribution in [0.1, 0.15) is 35.5 Å². The minimum Gasteiger partial charge on any atom is -0.305 e. The molecule has 20 heavy (non-hydrogen) atoms. The van der Waals surface area contributed by atoms with Gasteiger partial charge in [-0.3, -0.25) is 4.98 Å². The third-order valence-electron chi connectivity index (χ3n) is 3.22. The number of nitrogens with zero attached hydrogens (tertiary/aromatic N) is 1. The molecule has 0 spiro atoms. The molecular formula is C16H18F2N2. The first-order valence-corrected chi connectivity index (χ1v) is 6.66. The van der Waals surface area contributed by atoms with Crippen LogP contribution in [0.25, 0.3) is 0 Å². The van der Waals surface area contributed by atoms with Gasteiger partial charge in [0, 0.05) is 11.3 Å². The Morgan fingerprint density at radius 2 is 1.90 bits per heavy atom. The van der Waals surface area contributed by atoms with Crippen molar-refractivity contribution in [2.24, 2.45) is 0 Å². The summed E-state index contributed by atoms with van der Waals surface area (Å²) in [6.07, 6.45) is 0. The molecule has 4 heteroatoms. The molecule has 1 unspecified atom stereocenters. The Kier molecular flexibility index (Phi) is 4.45. The molecule has 0 radical (unpaired) electrons. The van der Waals surface area contributed by atoms with Crippen LogP contribution in [0.3, 0.4) is 0 Å². The minimum absolute atomic E-state index is 0.0324. The number of hydrogen-bond acceptors (Lipinski definition) is 2. The van der Waals surface area contributed by atoms with Crippen LogP contribution in [0.2, 0.25) is 0 Å². The van der Waals surface area contributed by atoms with E-state index in [1.807, 2.05) is 26.0 Å². The highest BCUT2D eigenvalue weighted by molar-refractivity contribution is 5.34. The lowest BCUT2D eigenvalue weighted by atomic mass is 9.99. The van der Waals surface area contributed by atoms with Gasteiger partial charge in [0.15, 0.2) is 0 Å². The van der Waals surface area contributed by atoms with Gasteiger partial charge in [-0.05, 0) is 44.2 Å². The summed E-state index contributed by atoms with van der Waals surface area (Å²) in [6.45, 7) is 5.97. The molecule has 0 aliphatic carbocycles. The lowest BCUT2D eigenvalue weighted by Crippen LogP contribution is -2.25. The van der Waals surface area contributed by atoms with E-state index in [4.69, 9.17) is 0 Å². The van der Waals surface area contributed by atoms with Crippen LogP contribution in [0.4, 0.5) is 8.78 Å². The summed E-state index contributed by atoms with van der Waals surface area (Å²) < 4.78 is 28.4. The molecule has 106 valence electrons. The van der Waals surface area contributed by atoms with E-state index in [1.54, 1.807) is 13.0 Å². The Bertz CT molecular complexity index is 611. The molecule has 2 rings (SSSR count). The molecule has 0 saturated carbocycles. The second-order valence-corrected chi connectivity index (χ2v) is 4.79. The predicted octanol–water partition coefficient (Wildman–Crippen LogP) is 3.68. The Labute approximate surface area is 117 Å². The van der Waals surface area contributed by atoms with Gasteiger partial charge in [0.25, 0.3) is 0 Å². The highest BCUT2D eigenvalue weighted by Crippen LogP contribution is 2.27. The van der Waals surface area contributed by atoms with Crippen molar-refractivity contribution in [2.45, 2.75) is 26.8 Å². The lowest BCUT2D eigenvalue weighted by molar-refractivity contribution is 0.501. The van der Waals surface area contributed by atoms with Gasteiger partial charge in [-0.1, -0.05) is 19.1 Å². The van der Waals surface area contributed by atoms with Crippen LogP contribution in [-0.2, 0) is 0 Å². The van der Waals surface area contributed by atoms with Gasteiger partial charge in [0.05, 0.1) is 11.7 Å². The molecule has 2 nitrogen and oxygen atoms in total. The minimum atomic E-state index is -0.584. The topological polar surface area (TPSA) is 24.9 Å². The summed E-state index contributed by atoms with van der Waals surface area (Å²) in [4.78, 5) is 4.38. The molecule has 1 aromatic heterocycles. The van der Waals surface area contributed by atoms with Crippen molar-refractivity contribution in [3.05, 3.63) is 64.5 Å². The first-order chi connectivity index (χ1) is 9.54. The number of benzene rings is 1. The highest BCUT2D eigenvalue weighted by atomic mass is 19.1. The Morgan fingerprint density at radius 1 is 1.15 bits per heavy atom. The van der Waals surface area contributed by atoms with E-state index < -0.39 is 17.7 Å². The zero-order valence-corrected chi connectivity index (χ0v) is 11.9. The van der Waals surface area contributed by atoms with Crippen LogP contribution in [0, 0.1) is 25.5 Å². The van der Waals surface area contributed by atoms with Crippen LogP contribution in [-0.4, -0.2) is 11.5 Å². The third kappa shape index (κ3) is 2.85. The maximum absolute atomic E-state index is 14.3. The summed E-state index contributed by atoms with van der Waals surface area (Å²) in [7, 11) is 0. The van der Waals surface area contributed by atoms with E-state index in [0.29, 0.717) is 17.8 Å². The molecule has 0 aliphatic heterocycles. The highest BCUT2D eigenvalue weighted by Gasteiger charge is 2.23. The SMILES string of the molecule is CCNC(c1cccc(C)n1)c1c(F)ccc(C)c1F. The van der Waals surface area contributed by atoms with Crippen molar-refractivity contribution in [2.75, 3.05) is 6.54 Å². The Morgan fingerprint density at radius 3 is 2.55 bits per heavy atom. The van der Waals surface area contributed by atoms with Crippen molar-refractivity contribution in [1.29, 1.82) is 0 Å². The number of halogens is 2. The fourth-order valence-corrected chi connectivity index (χ4v) is 2.23. The summed E-state index contributed by atoms with van der Waals surface area (Å²) >= 11 is 0. The van der Waals surface area contributed by atoms with Crippen LogP contribution >= 0.6 is 0 Å². The largest absolute Gasteiger partial charge is 0.305 e. The van der Waals surface area contributed by atoms with Crippen molar-refractivity contribution in [1.82, 2.24) is 10.3 Å².